The van der Waals surface area contributed by atoms with Gasteiger partial charge in [0.25, 0.3) is 9.70 Å². The first-order valence-electron chi connectivity index (χ1n) is 4.08. The second kappa shape index (κ2) is 5.01. The number of hydrogen-bond acceptors (Lipinski definition) is 2. The predicted molar refractivity (Wildman–Crippen MR) is 58.9 cm³/mol. The molecule has 78 valence electrons. The number of halogens is 3. The molecular formula is C8H9Cl3N2O. The largest absolute Gasteiger partial charge is 0.292 e. The molecule has 0 aromatic rings. The molecule has 0 aromatic heterocycles. The molecule has 1 N–H and O–H groups in total. The summed E-state index contributed by atoms with van der Waals surface area (Å²) in [6.07, 6.45) is 6.55. The van der Waals surface area contributed by atoms with Crippen LogP contribution in [0.2, 0.25) is 0 Å². The monoisotopic (exact) mass is 254 g/mol. The fraction of sp³-hybridized carbons (Fsp3) is 0.500. The Morgan fingerprint density at radius 1 is 1.43 bits per heavy atom. The van der Waals surface area contributed by atoms with Gasteiger partial charge in [0.05, 0.1) is 0 Å². The predicted octanol–water partition coefficient (Wildman–Crippen LogP) is 2.57. The van der Waals surface area contributed by atoms with Gasteiger partial charge < -0.3 is 0 Å². The normalized spacial score (nSPS) is 19.8. The van der Waals surface area contributed by atoms with E-state index in [1.165, 1.54) is 0 Å². The molecule has 0 aliphatic heterocycles. The lowest BCUT2D eigenvalue weighted by molar-refractivity contribution is -0.120. The summed E-state index contributed by atoms with van der Waals surface area (Å²) in [5, 5.41) is 3.86. The second-order valence-electron chi connectivity index (χ2n) is 2.83. The SMILES string of the molecule is O=C(N/N=C1\CC=CCC1)C(Cl)(Cl)Cl. The van der Waals surface area contributed by atoms with E-state index in [1.807, 2.05) is 6.08 Å². The Labute approximate surface area is 97.1 Å². The zero-order valence-electron chi connectivity index (χ0n) is 7.27. The summed E-state index contributed by atoms with van der Waals surface area (Å²) in [5.74, 6) is -0.732. The van der Waals surface area contributed by atoms with Crippen LogP contribution in [-0.2, 0) is 4.79 Å². The van der Waals surface area contributed by atoms with E-state index in [9.17, 15) is 4.79 Å². The number of hydrazone groups is 1. The number of amides is 1. The summed E-state index contributed by atoms with van der Waals surface area (Å²) in [6.45, 7) is 0. The van der Waals surface area contributed by atoms with Gasteiger partial charge in [-0.25, -0.2) is 5.43 Å². The van der Waals surface area contributed by atoms with Crippen LogP contribution in [0.25, 0.3) is 0 Å². The van der Waals surface area contributed by atoms with Crippen LogP contribution in [0.4, 0.5) is 0 Å². The molecule has 0 bridgehead atoms. The number of rotatable bonds is 1. The third-order valence-electron chi connectivity index (χ3n) is 1.69. The van der Waals surface area contributed by atoms with Gasteiger partial charge in [0.15, 0.2) is 0 Å². The second-order valence-corrected chi connectivity index (χ2v) is 5.11. The molecule has 1 rings (SSSR count). The Hall–Kier alpha value is -0.250. The van der Waals surface area contributed by atoms with E-state index in [0.717, 1.165) is 25.0 Å². The fourth-order valence-electron chi connectivity index (χ4n) is 0.984. The van der Waals surface area contributed by atoms with E-state index in [0.29, 0.717) is 0 Å². The van der Waals surface area contributed by atoms with Gasteiger partial charge in [0.2, 0.25) is 0 Å². The topological polar surface area (TPSA) is 41.5 Å². The Kier molecular flexibility index (Phi) is 4.23. The highest BCUT2D eigenvalue weighted by Crippen LogP contribution is 2.25. The molecule has 0 atom stereocenters. The molecular weight excluding hydrogens is 246 g/mol. The summed E-state index contributed by atoms with van der Waals surface area (Å²) in [5.41, 5.74) is 3.10. The van der Waals surface area contributed by atoms with Gasteiger partial charge in [-0.3, -0.25) is 4.79 Å². The molecule has 0 saturated carbocycles. The first-order chi connectivity index (χ1) is 6.50. The highest BCUT2D eigenvalue weighted by molar-refractivity contribution is 6.76. The van der Waals surface area contributed by atoms with Crippen molar-refractivity contribution >= 4 is 46.4 Å². The molecule has 0 spiro atoms. The molecule has 1 aliphatic carbocycles. The third kappa shape index (κ3) is 3.86. The van der Waals surface area contributed by atoms with E-state index in [2.05, 4.69) is 16.6 Å². The minimum Gasteiger partial charge on any atom is -0.268 e. The van der Waals surface area contributed by atoms with E-state index < -0.39 is 9.70 Å². The van der Waals surface area contributed by atoms with Gasteiger partial charge in [-0.2, -0.15) is 5.10 Å². The number of allylic oxidation sites excluding steroid dienone is 2. The van der Waals surface area contributed by atoms with Crippen molar-refractivity contribution in [1.82, 2.24) is 5.43 Å². The van der Waals surface area contributed by atoms with Crippen molar-refractivity contribution in [3.8, 4) is 0 Å². The Morgan fingerprint density at radius 2 is 2.14 bits per heavy atom. The van der Waals surface area contributed by atoms with Crippen molar-refractivity contribution in [1.29, 1.82) is 0 Å². The maximum absolute atomic E-state index is 11.1. The van der Waals surface area contributed by atoms with Gasteiger partial charge in [-0.1, -0.05) is 47.0 Å². The Morgan fingerprint density at radius 3 is 2.64 bits per heavy atom. The highest BCUT2D eigenvalue weighted by atomic mass is 35.6. The van der Waals surface area contributed by atoms with Gasteiger partial charge >= 0.3 is 0 Å². The molecule has 0 heterocycles. The molecule has 0 aromatic carbocycles. The fourth-order valence-corrected chi connectivity index (χ4v) is 1.11. The molecule has 1 aliphatic rings. The van der Waals surface area contributed by atoms with Crippen LogP contribution in [0.15, 0.2) is 17.3 Å². The molecule has 0 radical (unpaired) electrons. The lowest BCUT2D eigenvalue weighted by Crippen LogP contribution is -2.31. The third-order valence-corrected chi connectivity index (χ3v) is 2.21. The first-order valence-corrected chi connectivity index (χ1v) is 5.21. The molecule has 14 heavy (non-hydrogen) atoms. The van der Waals surface area contributed by atoms with Crippen molar-refractivity contribution < 1.29 is 4.79 Å². The van der Waals surface area contributed by atoms with E-state index >= 15 is 0 Å². The maximum Gasteiger partial charge on any atom is 0.292 e. The summed E-state index contributed by atoms with van der Waals surface area (Å²) in [7, 11) is 0. The number of nitrogens with one attached hydrogen (secondary N) is 1. The average molecular weight is 256 g/mol. The highest BCUT2D eigenvalue weighted by Gasteiger charge is 2.30. The Balaban J connectivity index is 2.46. The zero-order chi connectivity index (χ0) is 10.6. The van der Waals surface area contributed by atoms with Crippen molar-refractivity contribution in [2.24, 2.45) is 5.10 Å². The van der Waals surface area contributed by atoms with Gasteiger partial charge in [-0.15, -0.1) is 0 Å². The van der Waals surface area contributed by atoms with Crippen LogP contribution in [0.5, 0.6) is 0 Å². The first kappa shape index (κ1) is 11.8. The quantitative estimate of drug-likeness (QED) is 0.437. The van der Waals surface area contributed by atoms with Crippen molar-refractivity contribution in [2.75, 3.05) is 0 Å². The van der Waals surface area contributed by atoms with E-state index in [-0.39, 0.29) is 0 Å². The van der Waals surface area contributed by atoms with Crippen LogP contribution < -0.4 is 5.43 Å². The smallest absolute Gasteiger partial charge is 0.268 e. The van der Waals surface area contributed by atoms with E-state index in [1.54, 1.807) is 0 Å². The van der Waals surface area contributed by atoms with E-state index in [4.69, 9.17) is 34.8 Å². The van der Waals surface area contributed by atoms with Crippen LogP contribution in [0.3, 0.4) is 0 Å². The van der Waals surface area contributed by atoms with Gasteiger partial charge in [0.1, 0.15) is 0 Å². The molecule has 0 fully saturated rings. The van der Waals surface area contributed by atoms with Gasteiger partial charge in [-0.05, 0) is 12.8 Å². The Bertz CT molecular complexity index is 281. The lowest BCUT2D eigenvalue weighted by atomic mass is 10.1. The molecule has 6 heteroatoms. The van der Waals surface area contributed by atoms with Crippen LogP contribution in [0.1, 0.15) is 19.3 Å². The van der Waals surface area contributed by atoms with Crippen molar-refractivity contribution in [2.45, 2.75) is 23.1 Å². The summed E-state index contributed by atoms with van der Waals surface area (Å²) in [6, 6.07) is 0. The summed E-state index contributed by atoms with van der Waals surface area (Å²) >= 11 is 16.0. The van der Waals surface area contributed by atoms with Crippen LogP contribution in [0, 0.1) is 0 Å². The molecule has 3 nitrogen and oxygen atoms in total. The van der Waals surface area contributed by atoms with Crippen LogP contribution in [-0.4, -0.2) is 15.4 Å². The molecule has 1 amide bonds. The lowest BCUT2D eigenvalue weighted by Gasteiger charge is -2.10. The standard InChI is InChI=1S/C8H9Cl3N2O/c9-8(10,11)7(14)13-12-6-4-2-1-3-5-6/h1-2H,3-5H2,(H,13,14)/b12-6+. The molecule has 0 saturated heterocycles. The van der Waals surface area contributed by atoms with Gasteiger partial charge in [0, 0.05) is 12.1 Å². The number of carbonyl (C=O) groups excluding carboxylic acids is 1. The maximum atomic E-state index is 11.1. The number of hydrogen-bond donors (Lipinski definition) is 1. The zero-order valence-corrected chi connectivity index (χ0v) is 9.53. The van der Waals surface area contributed by atoms with Crippen LogP contribution >= 0.6 is 34.8 Å². The van der Waals surface area contributed by atoms with Crippen molar-refractivity contribution in [3.63, 3.8) is 0 Å². The minimum atomic E-state index is -1.95. The minimum absolute atomic E-state index is 0.732. The summed E-state index contributed by atoms with van der Waals surface area (Å²) < 4.78 is -1.95. The average Bonchev–Trinajstić information content (AvgIpc) is 2.14. The number of nitrogens with zero attached hydrogens (tertiary/aromatic N) is 1. The number of alkyl halides is 3. The summed E-state index contributed by atoms with van der Waals surface area (Å²) in [4.78, 5) is 11.1. The number of carbonyl (C=O) groups is 1. The van der Waals surface area contributed by atoms with Crippen molar-refractivity contribution in [3.05, 3.63) is 12.2 Å². The molecule has 0 unspecified atom stereocenters.